The predicted octanol–water partition coefficient (Wildman–Crippen LogP) is 0.997. The molecule has 0 amide bonds. The average molecular weight is 278 g/mol. The van der Waals surface area contributed by atoms with Gasteiger partial charge in [-0.2, -0.15) is 0 Å². The maximum atomic E-state index is 11.7. The summed E-state index contributed by atoms with van der Waals surface area (Å²) in [5.74, 6) is 0. The summed E-state index contributed by atoms with van der Waals surface area (Å²) in [4.78, 5) is 8.31. The van der Waals surface area contributed by atoms with Crippen LogP contribution in [0.5, 0.6) is 0 Å². The summed E-state index contributed by atoms with van der Waals surface area (Å²) in [6.07, 6.45) is 4.86. The van der Waals surface area contributed by atoms with Gasteiger partial charge in [0.15, 0.2) is 0 Å². The quantitative estimate of drug-likeness (QED) is 0.852. The Morgan fingerprint density at radius 1 is 1.26 bits per heavy atom. The number of nitrogens with zero attached hydrogens (tertiary/aromatic N) is 2. The maximum Gasteiger partial charge on any atom is 0.240 e. The van der Waals surface area contributed by atoms with Gasteiger partial charge in [-0.05, 0) is 25.2 Å². The molecule has 100 valence electrons. The van der Waals surface area contributed by atoms with Crippen molar-refractivity contribution in [3.63, 3.8) is 0 Å². The van der Waals surface area contributed by atoms with E-state index in [2.05, 4.69) is 20.0 Å². The minimum Gasteiger partial charge on any atom is -0.379 e. The number of sulfonamides is 1. The molecule has 7 heteroatoms. The number of benzene rings is 1. The Bertz CT molecular complexity index is 644. The van der Waals surface area contributed by atoms with E-state index in [1.54, 1.807) is 42.9 Å². The molecule has 0 spiro atoms. The molecule has 2 N–H and O–H groups in total. The Kier molecular flexibility index (Phi) is 4.08. The van der Waals surface area contributed by atoms with Gasteiger partial charge in [0, 0.05) is 18.1 Å². The zero-order chi connectivity index (χ0) is 13.7. The molecule has 0 unspecified atom stereocenters. The second-order valence-corrected chi connectivity index (χ2v) is 5.67. The number of nitrogens with one attached hydrogen (secondary N) is 2. The van der Waals surface area contributed by atoms with Gasteiger partial charge in [0.2, 0.25) is 10.0 Å². The highest BCUT2D eigenvalue weighted by Crippen LogP contribution is 2.15. The molecule has 0 aliphatic heterocycles. The highest BCUT2D eigenvalue weighted by molar-refractivity contribution is 7.89. The van der Waals surface area contributed by atoms with Gasteiger partial charge >= 0.3 is 0 Å². The van der Waals surface area contributed by atoms with Gasteiger partial charge in [0.25, 0.3) is 0 Å². The molecule has 0 bridgehead atoms. The van der Waals surface area contributed by atoms with E-state index in [9.17, 15) is 8.42 Å². The number of aromatic nitrogens is 2. The van der Waals surface area contributed by atoms with E-state index in [0.29, 0.717) is 12.2 Å². The van der Waals surface area contributed by atoms with Crippen LogP contribution >= 0.6 is 0 Å². The Morgan fingerprint density at radius 3 is 2.79 bits per heavy atom. The molecule has 1 heterocycles. The fourth-order valence-corrected chi connectivity index (χ4v) is 2.28. The van der Waals surface area contributed by atoms with Crippen molar-refractivity contribution < 1.29 is 8.42 Å². The molecule has 0 radical (unpaired) electrons. The molecule has 19 heavy (non-hydrogen) atoms. The van der Waals surface area contributed by atoms with Crippen LogP contribution in [0.3, 0.4) is 0 Å². The van der Waals surface area contributed by atoms with Crippen LogP contribution in [-0.2, 0) is 16.6 Å². The van der Waals surface area contributed by atoms with Gasteiger partial charge in [-0.1, -0.05) is 6.07 Å². The lowest BCUT2D eigenvalue weighted by molar-refractivity contribution is 0.588. The third-order valence-electron chi connectivity index (χ3n) is 2.50. The molecule has 2 rings (SSSR count). The molecular formula is C12H14N4O2S. The van der Waals surface area contributed by atoms with E-state index < -0.39 is 10.0 Å². The van der Waals surface area contributed by atoms with Crippen LogP contribution < -0.4 is 10.0 Å². The predicted molar refractivity (Wildman–Crippen MR) is 72.0 cm³/mol. The number of hydrogen-bond acceptors (Lipinski definition) is 5. The third kappa shape index (κ3) is 3.49. The zero-order valence-corrected chi connectivity index (χ0v) is 11.2. The van der Waals surface area contributed by atoms with E-state index in [-0.39, 0.29) is 4.90 Å². The van der Waals surface area contributed by atoms with Crippen molar-refractivity contribution in [3.05, 3.63) is 48.5 Å². The molecule has 0 saturated carbocycles. The van der Waals surface area contributed by atoms with Crippen LogP contribution in [0.1, 0.15) is 5.69 Å². The first kappa shape index (κ1) is 13.4. The minimum absolute atomic E-state index is 0.221. The maximum absolute atomic E-state index is 11.7. The molecule has 0 saturated heterocycles. The lowest BCUT2D eigenvalue weighted by Crippen LogP contribution is -2.18. The van der Waals surface area contributed by atoms with Crippen LogP contribution in [0.25, 0.3) is 0 Å². The fourth-order valence-electron chi connectivity index (χ4n) is 1.50. The van der Waals surface area contributed by atoms with E-state index in [4.69, 9.17) is 0 Å². The van der Waals surface area contributed by atoms with Gasteiger partial charge in [0.1, 0.15) is 0 Å². The summed E-state index contributed by atoms with van der Waals surface area (Å²) in [6, 6.07) is 6.59. The lowest BCUT2D eigenvalue weighted by atomic mass is 10.3. The van der Waals surface area contributed by atoms with Crippen LogP contribution in [0.4, 0.5) is 5.69 Å². The first-order valence-corrected chi connectivity index (χ1v) is 7.12. The zero-order valence-electron chi connectivity index (χ0n) is 10.4. The SMILES string of the molecule is CNS(=O)(=O)c1cccc(NCc2cnccn2)c1. The summed E-state index contributed by atoms with van der Waals surface area (Å²) in [7, 11) is -2.04. The van der Waals surface area contributed by atoms with Gasteiger partial charge in [-0.25, -0.2) is 13.1 Å². The van der Waals surface area contributed by atoms with Gasteiger partial charge in [0.05, 0.1) is 23.3 Å². The summed E-state index contributed by atoms with van der Waals surface area (Å²) in [6.45, 7) is 0.483. The Labute approximate surface area is 112 Å². The average Bonchev–Trinajstić information content (AvgIpc) is 2.46. The molecular weight excluding hydrogens is 264 g/mol. The standard InChI is InChI=1S/C12H14N4O2S/c1-13-19(17,18)12-4-2-3-10(7-12)16-9-11-8-14-5-6-15-11/h2-8,13,16H,9H2,1H3. The molecule has 0 atom stereocenters. The van der Waals surface area contributed by atoms with Crippen molar-refractivity contribution in [1.29, 1.82) is 0 Å². The highest BCUT2D eigenvalue weighted by atomic mass is 32.2. The van der Waals surface area contributed by atoms with Crippen molar-refractivity contribution in [3.8, 4) is 0 Å². The Balaban J connectivity index is 2.12. The Morgan fingerprint density at radius 2 is 2.11 bits per heavy atom. The minimum atomic E-state index is -3.42. The molecule has 0 aliphatic carbocycles. The van der Waals surface area contributed by atoms with Crippen molar-refractivity contribution in [1.82, 2.24) is 14.7 Å². The number of rotatable bonds is 5. The van der Waals surface area contributed by atoms with E-state index in [0.717, 1.165) is 5.69 Å². The summed E-state index contributed by atoms with van der Waals surface area (Å²) in [5.41, 5.74) is 1.49. The fraction of sp³-hybridized carbons (Fsp3) is 0.167. The first-order valence-electron chi connectivity index (χ1n) is 5.64. The van der Waals surface area contributed by atoms with Crippen molar-refractivity contribution >= 4 is 15.7 Å². The van der Waals surface area contributed by atoms with Crippen LogP contribution in [0.15, 0.2) is 47.8 Å². The van der Waals surface area contributed by atoms with Crippen LogP contribution in [-0.4, -0.2) is 25.4 Å². The summed E-state index contributed by atoms with van der Waals surface area (Å²) >= 11 is 0. The molecule has 1 aromatic heterocycles. The summed E-state index contributed by atoms with van der Waals surface area (Å²) in [5, 5.41) is 3.10. The Hall–Kier alpha value is -1.99. The molecule has 0 aliphatic rings. The second kappa shape index (κ2) is 5.77. The third-order valence-corrected chi connectivity index (χ3v) is 3.92. The molecule has 1 aromatic carbocycles. The van der Waals surface area contributed by atoms with Gasteiger partial charge in [-0.15, -0.1) is 0 Å². The van der Waals surface area contributed by atoms with Gasteiger partial charge in [-0.3, -0.25) is 9.97 Å². The van der Waals surface area contributed by atoms with Crippen LogP contribution in [0.2, 0.25) is 0 Å². The van der Waals surface area contributed by atoms with E-state index >= 15 is 0 Å². The second-order valence-electron chi connectivity index (χ2n) is 3.79. The largest absolute Gasteiger partial charge is 0.379 e. The topological polar surface area (TPSA) is 84.0 Å². The van der Waals surface area contributed by atoms with Gasteiger partial charge < -0.3 is 5.32 Å². The molecule has 2 aromatic rings. The van der Waals surface area contributed by atoms with E-state index in [1.165, 1.54) is 7.05 Å². The number of hydrogen-bond donors (Lipinski definition) is 2. The first-order chi connectivity index (χ1) is 9.12. The smallest absolute Gasteiger partial charge is 0.240 e. The van der Waals surface area contributed by atoms with Crippen molar-refractivity contribution in [2.45, 2.75) is 11.4 Å². The van der Waals surface area contributed by atoms with E-state index in [1.807, 2.05) is 0 Å². The molecule has 0 fully saturated rings. The van der Waals surface area contributed by atoms with Crippen molar-refractivity contribution in [2.24, 2.45) is 0 Å². The number of anilines is 1. The van der Waals surface area contributed by atoms with Crippen molar-refractivity contribution in [2.75, 3.05) is 12.4 Å². The summed E-state index contributed by atoms with van der Waals surface area (Å²) < 4.78 is 25.6. The highest BCUT2D eigenvalue weighted by Gasteiger charge is 2.11. The molecule has 6 nitrogen and oxygen atoms in total. The lowest BCUT2D eigenvalue weighted by Gasteiger charge is -2.08. The monoisotopic (exact) mass is 278 g/mol. The normalized spacial score (nSPS) is 11.2. The van der Waals surface area contributed by atoms with Crippen LogP contribution in [0, 0.1) is 0 Å².